The van der Waals surface area contributed by atoms with Gasteiger partial charge >= 0.3 is 6.09 Å². The lowest BCUT2D eigenvalue weighted by atomic mass is 10.0. The highest BCUT2D eigenvalue weighted by Gasteiger charge is 2.35. The number of amides is 3. The molecule has 2 N–H and O–H groups in total. The molecular formula is C29H41N3O5S. The predicted octanol–water partition coefficient (Wildman–Crippen LogP) is 5.61. The molecule has 0 aliphatic rings. The Labute approximate surface area is 231 Å². The fraction of sp³-hybridized carbons (Fsp3) is 0.483. The Kier molecular flexibility index (Phi) is 12.5. The molecule has 2 atom stereocenters. The molecule has 0 bridgehead atoms. The van der Waals surface area contributed by atoms with Crippen LogP contribution in [0.5, 0.6) is 5.75 Å². The minimum absolute atomic E-state index is 0.0468. The van der Waals surface area contributed by atoms with Crippen molar-refractivity contribution in [2.24, 2.45) is 0 Å². The summed E-state index contributed by atoms with van der Waals surface area (Å²) in [7, 11) is 1.57. The van der Waals surface area contributed by atoms with Crippen molar-refractivity contribution < 1.29 is 23.9 Å². The maximum Gasteiger partial charge on any atom is 0.408 e. The summed E-state index contributed by atoms with van der Waals surface area (Å²) >= 11 is 4.34. The number of nitrogens with zero attached hydrogens (tertiary/aromatic N) is 1. The lowest BCUT2D eigenvalue weighted by Gasteiger charge is -2.34. The summed E-state index contributed by atoms with van der Waals surface area (Å²) in [6.07, 6.45) is 2.96. The monoisotopic (exact) mass is 543 g/mol. The van der Waals surface area contributed by atoms with Gasteiger partial charge in [-0.25, -0.2) is 4.79 Å². The van der Waals surface area contributed by atoms with Crippen LogP contribution in [0.3, 0.4) is 0 Å². The normalized spacial score (nSPS) is 12.7. The molecular weight excluding hydrogens is 502 g/mol. The first-order chi connectivity index (χ1) is 18.1. The van der Waals surface area contributed by atoms with Crippen molar-refractivity contribution in [3.8, 4) is 5.75 Å². The Morgan fingerprint density at radius 3 is 2.18 bits per heavy atom. The van der Waals surface area contributed by atoms with Gasteiger partial charge in [0.25, 0.3) is 5.91 Å². The van der Waals surface area contributed by atoms with Gasteiger partial charge in [0.05, 0.1) is 7.11 Å². The van der Waals surface area contributed by atoms with Gasteiger partial charge in [-0.15, -0.1) is 0 Å². The summed E-state index contributed by atoms with van der Waals surface area (Å²) in [5, 5.41) is 5.58. The van der Waals surface area contributed by atoms with Crippen LogP contribution >= 0.6 is 12.6 Å². The van der Waals surface area contributed by atoms with E-state index in [1.807, 2.05) is 30.3 Å². The van der Waals surface area contributed by atoms with Gasteiger partial charge in [0, 0.05) is 18.0 Å². The number of hydrogen-bond donors (Lipinski definition) is 3. The number of hydrogen-bond acceptors (Lipinski definition) is 6. The van der Waals surface area contributed by atoms with Crippen LogP contribution in [0.4, 0.5) is 10.5 Å². The predicted molar refractivity (Wildman–Crippen MR) is 154 cm³/mol. The van der Waals surface area contributed by atoms with Crippen LogP contribution < -0.4 is 15.4 Å². The van der Waals surface area contributed by atoms with E-state index in [2.05, 4.69) is 30.2 Å². The topological polar surface area (TPSA) is 97.0 Å². The van der Waals surface area contributed by atoms with Crippen molar-refractivity contribution in [1.29, 1.82) is 0 Å². The number of methoxy groups -OCH3 is 1. The third kappa shape index (κ3) is 9.93. The summed E-state index contributed by atoms with van der Waals surface area (Å²) in [4.78, 5) is 41.7. The van der Waals surface area contributed by atoms with Crippen LogP contribution in [0.25, 0.3) is 0 Å². The highest BCUT2D eigenvalue weighted by molar-refractivity contribution is 7.80. The molecule has 0 aliphatic carbocycles. The molecule has 9 heteroatoms. The fourth-order valence-corrected chi connectivity index (χ4v) is 4.15. The average molecular weight is 544 g/mol. The molecule has 0 radical (unpaired) electrons. The number of rotatable bonds is 13. The van der Waals surface area contributed by atoms with Crippen LogP contribution in [-0.2, 0) is 14.3 Å². The van der Waals surface area contributed by atoms with Gasteiger partial charge in [-0.1, -0.05) is 56.5 Å². The SMILES string of the molecule is CCCCCCN(C(=O)C(CS)NC(=O)OC(C)(C)C)C(C(=O)Nc1ccc(OC)cc1)c1ccccc1. The molecule has 0 heterocycles. The van der Waals surface area contributed by atoms with Crippen LogP contribution in [0.15, 0.2) is 54.6 Å². The summed E-state index contributed by atoms with van der Waals surface area (Å²) in [5.41, 5.74) is 0.518. The number of carbonyl (C=O) groups is 3. The van der Waals surface area contributed by atoms with Gasteiger partial charge in [0.15, 0.2) is 0 Å². The number of thiol groups is 1. The molecule has 3 amide bonds. The first-order valence-electron chi connectivity index (χ1n) is 13.0. The van der Waals surface area contributed by atoms with Gasteiger partial charge in [-0.2, -0.15) is 12.6 Å². The van der Waals surface area contributed by atoms with Crippen LogP contribution in [0.2, 0.25) is 0 Å². The smallest absolute Gasteiger partial charge is 0.408 e. The van der Waals surface area contributed by atoms with E-state index in [0.29, 0.717) is 30.0 Å². The second-order valence-electron chi connectivity index (χ2n) is 10.0. The molecule has 0 spiro atoms. The average Bonchev–Trinajstić information content (AvgIpc) is 2.88. The number of anilines is 1. The number of unbranched alkanes of at least 4 members (excludes halogenated alkanes) is 3. The van der Waals surface area contributed by atoms with Gasteiger partial charge in [-0.3, -0.25) is 9.59 Å². The third-order valence-corrected chi connectivity index (χ3v) is 6.11. The van der Waals surface area contributed by atoms with Gasteiger partial charge in [0.1, 0.15) is 23.4 Å². The molecule has 2 aromatic carbocycles. The molecule has 208 valence electrons. The minimum Gasteiger partial charge on any atom is -0.497 e. The standard InChI is InChI=1S/C29H41N3O5S/c1-6-7-8-12-19-32(27(34)24(20-38)31-28(35)37-29(2,3)4)25(21-13-10-9-11-14-21)26(33)30-22-15-17-23(36-5)18-16-22/h9-11,13-18,24-25,38H,6-8,12,19-20H2,1-5H3,(H,30,33)(H,31,35). The van der Waals surface area contributed by atoms with Crippen molar-refractivity contribution in [3.63, 3.8) is 0 Å². The quantitative estimate of drug-likeness (QED) is 0.226. The maximum absolute atomic E-state index is 13.9. The first-order valence-corrected chi connectivity index (χ1v) is 13.6. The molecule has 0 aromatic heterocycles. The second kappa shape index (κ2) is 15.3. The minimum atomic E-state index is -0.973. The first kappa shape index (κ1) is 31.0. The van der Waals surface area contributed by atoms with Crippen molar-refractivity contribution in [2.45, 2.75) is 71.1 Å². The molecule has 0 saturated heterocycles. The molecule has 38 heavy (non-hydrogen) atoms. The Bertz CT molecular complexity index is 1020. The zero-order valence-corrected chi connectivity index (χ0v) is 23.9. The Balaban J connectivity index is 2.41. The lowest BCUT2D eigenvalue weighted by Crippen LogP contribution is -2.53. The molecule has 2 unspecified atom stereocenters. The Morgan fingerprint density at radius 2 is 1.63 bits per heavy atom. The molecule has 8 nitrogen and oxygen atoms in total. The number of carbonyl (C=O) groups excluding carboxylic acids is 3. The van der Waals surface area contributed by atoms with E-state index in [-0.39, 0.29) is 11.7 Å². The van der Waals surface area contributed by atoms with Crippen LogP contribution in [0, 0.1) is 0 Å². The number of ether oxygens (including phenoxy) is 2. The fourth-order valence-electron chi connectivity index (χ4n) is 3.90. The van der Waals surface area contributed by atoms with Crippen LogP contribution in [-0.4, -0.2) is 53.9 Å². The Hall–Kier alpha value is -3.20. The van der Waals surface area contributed by atoms with E-state index in [1.54, 1.807) is 57.0 Å². The highest BCUT2D eigenvalue weighted by Crippen LogP contribution is 2.26. The van der Waals surface area contributed by atoms with Crippen molar-refractivity contribution in [2.75, 3.05) is 24.7 Å². The molecule has 2 rings (SSSR count). The van der Waals surface area contributed by atoms with E-state index >= 15 is 0 Å². The highest BCUT2D eigenvalue weighted by atomic mass is 32.1. The Morgan fingerprint density at radius 1 is 0.974 bits per heavy atom. The van der Waals surface area contributed by atoms with Crippen molar-refractivity contribution in [3.05, 3.63) is 60.2 Å². The maximum atomic E-state index is 13.9. The van der Waals surface area contributed by atoms with E-state index in [9.17, 15) is 14.4 Å². The summed E-state index contributed by atoms with van der Waals surface area (Å²) < 4.78 is 10.6. The number of alkyl carbamates (subject to hydrolysis) is 1. The molecule has 0 aliphatic heterocycles. The van der Waals surface area contributed by atoms with Gasteiger partial charge in [0.2, 0.25) is 5.91 Å². The van der Waals surface area contributed by atoms with E-state index in [1.165, 1.54) is 0 Å². The van der Waals surface area contributed by atoms with E-state index < -0.39 is 29.7 Å². The second-order valence-corrected chi connectivity index (χ2v) is 10.4. The van der Waals surface area contributed by atoms with Crippen molar-refractivity contribution >= 4 is 36.2 Å². The summed E-state index contributed by atoms with van der Waals surface area (Å²) in [6, 6.07) is 14.3. The lowest BCUT2D eigenvalue weighted by molar-refractivity contribution is -0.140. The summed E-state index contributed by atoms with van der Waals surface area (Å²) in [6.45, 7) is 7.70. The number of nitrogens with one attached hydrogen (secondary N) is 2. The summed E-state index contributed by atoms with van der Waals surface area (Å²) in [5.74, 6) is -0.0489. The number of benzene rings is 2. The van der Waals surface area contributed by atoms with Gasteiger partial charge < -0.3 is 25.0 Å². The third-order valence-electron chi connectivity index (χ3n) is 5.74. The molecule has 0 fully saturated rings. The zero-order chi connectivity index (χ0) is 28.1. The van der Waals surface area contributed by atoms with E-state index in [0.717, 1.165) is 19.3 Å². The molecule has 2 aromatic rings. The van der Waals surface area contributed by atoms with Crippen molar-refractivity contribution in [1.82, 2.24) is 10.2 Å². The molecule has 0 saturated carbocycles. The largest absolute Gasteiger partial charge is 0.497 e. The van der Waals surface area contributed by atoms with E-state index in [4.69, 9.17) is 9.47 Å². The van der Waals surface area contributed by atoms with Gasteiger partial charge in [-0.05, 0) is 57.0 Å². The zero-order valence-electron chi connectivity index (χ0n) is 23.0. The van der Waals surface area contributed by atoms with Crippen LogP contribution in [0.1, 0.15) is 65.0 Å².